The molecular weight excluding hydrogens is 362 g/mol. The van der Waals surface area contributed by atoms with Crippen molar-refractivity contribution in [1.82, 2.24) is 14.7 Å². The third kappa shape index (κ3) is 5.19. The molecule has 27 heavy (non-hydrogen) atoms. The van der Waals surface area contributed by atoms with Gasteiger partial charge in [-0.3, -0.25) is 14.3 Å². The highest BCUT2D eigenvalue weighted by atomic mass is 35.5. The van der Waals surface area contributed by atoms with Gasteiger partial charge in [0.15, 0.2) is 5.78 Å². The van der Waals surface area contributed by atoms with E-state index in [0.29, 0.717) is 16.5 Å². The molecule has 1 saturated heterocycles. The summed E-state index contributed by atoms with van der Waals surface area (Å²) in [7, 11) is 0. The Labute approximate surface area is 165 Å². The van der Waals surface area contributed by atoms with Crippen molar-refractivity contribution < 1.29 is 9.59 Å². The fraction of sp³-hybridized carbons (Fsp3) is 0.476. The maximum Gasteiger partial charge on any atom is 0.223 e. The van der Waals surface area contributed by atoms with Gasteiger partial charge in [-0.25, -0.2) is 0 Å². The van der Waals surface area contributed by atoms with E-state index >= 15 is 0 Å². The van der Waals surface area contributed by atoms with Crippen LogP contribution in [0.15, 0.2) is 30.3 Å². The second-order valence-electron chi connectivity index (χ2n) is 7.36. The second-order valence-corrected chi connectivity index (χ2v) is 7.80. The van der Waals surface area contributed by atoms with E-state index in [1.54, 1.807) is 24.3 Å². The molecule has 0 bridgehead atoms. The number of Topliss-reactive ketones (excluding diaryl/α,β-unsaturated/α-hetero) is 1. The van der Waals surface area contributed by atoms with Crippen molar-refractivity contribution in [1.29, 1.82) is 0 Å². The predicted molar refractivity (Wildman–Crippen MR) is 106 cm³/mol. The van der Waals surface area contributed by atoms with E-state index in [4.69, 9.17) is 11.6 Å². The summed E-state index contributed by atoms with van der Waals surface area (Å²) in [6.07, 6.45) is 2.47. The highest BCUT2D eigenvalue weighted by molar-refractivity contribution is 6.30. The third-order valence-electron chi connectivity index (χ3n) is 5.23. The minimum atomic E-state index is -0.0144. The summed E-state index contributed by atoms with van der Waals surface area (Å²) in [6, 6.07) is 8.91. The van der Waals surface area contributed by atoms with Gasteiger partial charge in [-0.05, 0) is 62.9 Å². The van der Waals surface area contributed by atoms with Crippen LogP contribution in [-0.2, 0) is 11.3 Å². The molecule has 0 N–H and O–H groups in total. The molecule has 0 unspecified atom stereocenters. The number of ketones is 1. The number of piperidine rings is 1. The minimum Gasteiger partial charge on any atom is -0.343 e. The smallest absolute Gasteiger partial charge is 0.223 e. The van der Waals surface area contributed by atoms with Crippen LogP contribution in [0.5, 0.6) is 0 Å². The van der Waals surface area contributed by atoms with Gasteiger partial charge < -0.3 is 4.90 Å². The van der Waals surface area contributed by atoms with Gasteiger partial charge in [0.05, 0.1) is 5.69 Å². The number of amides is 1. The SMILES string of the molecule is Cc1cc(C)n(CC2CCN(C(=O)CCC(=O)c3ccc(Cl)cc3)CC2)n1. The molecule has 2 heterocycles. The normalized spacial score (nSPS) is 15.1. The molecule has 3 rings (SSSR count). The van der Waals surface area contributed by atoms with Crippen LogP contribution in [0.4, 0.5) is 0 Å². The first kappa shape index (κ1) is 19.6. The molecule has 0 spiro atoms. The maximum absolute atomic E-state index is 12.4. The van der Waals surface area contributed by atoms with Crippen molar-refractivity contribution in [3.63, 3.8) is 0 Å². The molecule has 6 heteroatoms. The molecule has 1 aliphatic rings. The molecule has 1 fully saturated rings. The Bertz CT molecular complexity index is 805. The number of hydrogen-bond donors (Lipinski definition) is 0. The number of carbonyl (C=O) groups excluding carboxylic acids is 2. The van der Waals surface area contributed by atoms with Crippen molar-refractivity contribution >= 4 is 23.3 Å². The molecule has 1 aromatic carbocycles. The average molecular weight is 388 g/mol. The van der Waals surface area contributed by atoms with E-state index in [1.165, 1.54) is 5.69 Å². The third-order valence-corrected chi connectivity index (χ3v) is 5.49. The summed E-state index contributed by atoms with van der Waals surface area (Å²) >= 11 is 5.84. The average Bonchev–Trinajstić information content (AvgIpc) is 2.97. The monoisotopic (exact) mass is 387 g/mol. The first-order chi connectivity index (χ1) is 12.9. The number of nitrogens with zero attached hydrogens (tertiary/aromatic N) is 3. The number of rotatable bonds is 6. The molecule has 0 aliphatic carbocycles. The zero-order valence-electron chi connectivity index (χ0n) is 15.9. The van der Waals surface area contributed by atoms with Gasteiger partial charge in [-0.15, -0.1) is 0 Å². The van der Waals surface area contributed by atoms with Crippen LogP contribution in [0.25, 0.3) is 0 Å². The Hall–Kier alpha value is -2.14. The van der Waals surface area contributed by atoms with Crippen LogP contribution in [0, 0.1) is 19.8 Å². The highest BCUT2D eigenvalue weighted by Crippen LogP contribution is 2.21. The molecule has 0 saturated carbocycles. The Balaban J connectivity index is 1.43. The van der Waals surface area contributed by atoms with Crippen molar-refractivity contribution in [2.45, 2.75) is 46.1 Å². The van der Waals surface area contributed by atoms with Crippen molar-refractivity contribution in [2.24, 2.45) is 5.92 Å². The van der Waals surface area contributed by atoms with Gasteiger partial charge in [0.1, 0.15) is 0 Å². The molecule has 1 aliphatic heterocycles. The molecular formula is C21H26ClN3O2. The van der Waals surface area contributed by atoms with Crippen LogP contribution >= 0.6 is 11.6 Å². The zero-order chi connectivity index (χ0) is 19.4. The van der Waals surface area contributed by atoms with E-state index in [9.17, 15) is 9.59 Å². The van der Waals surface area contributed by atoms with Gasteiger partial charge >= 0.3 is 0 Å². The van der Waals surface area contributed by atoms with Gasteiger partial charge in [-0.1, -0.05) is 11.6 Å². The second kappa shape index (κ2) is 8.70. The van der Waals surface area contributed by atoms with Crippen LogP contribution in [0.2, 0.25) is 5.02 Å². The number of halogens is 1. The van der Waals surface area contributed by atoms with E-state index in [1.807, 2.05) is 11.8 Å². The van der Waals surface area contributed by atoms with Crippen molar-refractivity contribution in [3.8, 4) is 0 Å². The summed E-state index contributed by atoms with van der Waals surface area (Å²) in [6.45, 7) is 6.53. The fourth-order valence-electron chi connectivity index (χ4n) is 3.63. The minimum absolute atomic E-state index is 0.0144. The lowest BCUT2D eigenvalue weighted by molar-refractivity contribution is -0.132. The van der Waals surface area contributed by atoms with E-state index in [0.717, 1.165) is 38.2 Å². The fourth-order valence-corrected chi connectivity index (χ4v) is 3.75. The topological polar surface area (TPSA) is 55.2 Å². The van der Waals surface area contributed by atoms with E-state index < -0.39 is 0 Å². The molecule has 1 aromatic heterocycles. The number of likely N-dealkylation sites (tertiary alicyclic amines) is 1. The van der Waals surface area contributed by atoms with Crippen molar-refractivity contribution in [2.75, 3.05) is 13.1 Å². The Morgan fingerprint density at radius 3 is 2.37 bits per heavy atom. The molecule has 5 nitrogen and oxygen atoms in total. The van der Waals surface area contributed by atoms with Crippen molar-refractivity contribution in [3.05, 3.63) is 52.3 Å². The van der Waals surface area contributed by atoms with E-state index in [2.05, 4.69) is 22.8 Å². The number of aryl methyl sites for hydroxylation is 2. The number of aromatic nitrogens is 2. The lowest BCUT2D eigenvalue weighted by atomic mass is 9.96. The first-order valence-corrected chi connectivity index (χ1v) is 9.88. The molecule has 2 aromatic rings. The lowest BCUT2D eigenvalue weighted by Crippen LogP contribution is -2.39. The van der Waals surface area contributed by atoms with Gasteiger partial charge in [0.2, 0.25) is 5.91 Å². The largest absolute Gasteiger partial charge is 0.343 e. The van der Waals surface area contributed by atoms with Crippen LogP contribution in [0.1, 0.15) is 47.4 Å². The molecule has 0 atom stereocenters. The summed E-state index contributed by atoms with van der Waals surface area (Å²) in [5.41, 5.74) is 2.84. The standard InChI is InChI=1S/C21H26ClN3O2/c1-15-13-16(2)25(23-15)14-17-9-11-24(12-10-17)21(27)8-7-20(26)18-3-5-19(22)6-4-18/h3-6,13,17H,7-12,14H2,1-2H3. The van der Waals surface area contributed by atoms with Crippen LogP contribution < -0.4 is 0 Å². The molecule has 1 amide bonds. The zero-order valence-corrected chi connectivity index (χ0v) is 16.7. The summed E-state index contributed by atoms with van der Waals surface area (Å²) in [5, 5.41) is 5.13. The summed E-state index contributed by atoms with van der Waals surface area (Å²) < 4.78 is 2.07. The van der Waals surface area contributed by atoms with Crippen LogP contribution in [0.3, 0.4) is 0 Å². The quantitative estimate of drug-likeness (QED) is 0.702. The van der Waals surface area contributed by atoms with Gasteiger partial charge in [-0.2, -0.15) is 5.10 Å². The summed E-state index contributed by atoms with van der Waals surface area (Å²) in [4.78, 5) is 26.5. The molecule has 144 valence electrons. The van der Waals surface area contributed by atoms with Gasteiger partial charge in [0, 0.05) is 48.8 Å². The van der Waals surface area contributed by atoms with E-state index in [-0.39, 0.29) is 24.5 Å². The Morgan fingerprint density at radius 2 is 1.78 bits per heavy atom. The van der Waals surface area contributed by atoms with Gasteiger partial charge in [0.25, 0.3) is 0 Å². The predicted octanol–water partition coefficient (Wildman–Crippen LogP) is 4.06. The highest BCUT2D eigenvalue weighted by Gasteiger charge is 2.24. The number of hydrogen-bond acceptors (Lipinski definition) is 3. The lowest BCUT2D eigenvalue weighted by Gasteiger charge is -2.32. The number of benzene rings is 1. The van der Waals surface area contributed by atoms with Crippen LogP contribution in [-0.4, -0.2) is 39.5 Å². The Morgan fingerprint density at radius 1 is 1.11 bits per heavy atom. The Kier molecular flexibility index (Phi) is 6.32. The first-order valence-electron chi connectivity index (χ1n) is 9.50. The molecule has 0 radical (unpaired) electrons. The summed E-state index contributed by atoms with van der Waals surface area (Å²) in [5.74, 6) is 0.601. The maximum atomic E-state index is 12.4. The number of carbonyl (C=O) groups is 2.